The largest absolute Gasteiger partial charge is 0.388 e. The summed E-state index contributed by atoms with van der Waals surface area (Å²) in [5, 5.41) is 14.1. The summed E-state index contributed by atoms with van der Waals surface area (Å²) >= 11 is 0. The van der Waals surface area contributed by atoms with Crippen molar-refractivity contribution in [3.63, 3.8) is 0 Å². The molecule has 0 radical (unpaired) electrons. The van der Waals surface area contributed by atoms with E-state index in [2.05, 4.69) is 10.2 Å². The van der Waals surface area contributed by atoms with Gasteiger partial charge in [0.15, 0.2) is 0 Å². The molecule has 3 rings (SSSR count). The van der Waals surface area contributed by atoms with E-state index in [0.29, 0.717) is 0 Å². The maximum absolute atomic E-state index is 11.1. The molecule has 0 aromatic heterocycles. The quantitative estimate of drug-likeness (QED) is 0.613. The highest BCUT2D eigenvalue weighted by Crippen LogP contribution is 2.37. The maximum Gasteiger partial charge on any atom is 0.273 e. The lowest BCUT2D eigenvalue weighted by Crippen LogP contribution is -2.28. The summed E-state index contributed by atoms with van der Waals surface area (Å²) in [5.74, 6) is 1.57. The number of nitrogens with zero attached hydrogens (tertiary/aromatic N) is 2. The second kappa shape index (κ2) is 5.31. The summed E-state index contributed by atoms with van der Waals surface area (Å²) in [4.78, 5) is 13.1. The molecule has 0 atom stereocenters. The molecule has 1 aromatic rings. The van der Waals surface area contributed by atoms with E-state index < -0.39 is 0 Å². The van der Waals surface area contributed by atoms with Gasteiger partial charge in [-0.25, -0.2) is 0 Å². The predicted octanol–water partition coefficient (Wildman–Crippen LogP) is 3.26. The number of rotatable bonds is 7. The molecule has 0 spiro atoms. The summed E-state index contributed by atoms with van der Waals surface area (Å²) in [7, 11) is 1.80. The van der Waals surface area contributed by atoms with Gasteiger partial charge >= 0.3 is 0 Å². The summed E-state index contributed by atoms with van der Waals surface area (Å²) in [6.07, 6.45) is 5.20. The molecular weight excluding hydrogens is 254 g/mol. The summed E-state index contributed by atoms with van der Waals surface area (Å²) in [6, 6.07) is 5.33. The topological polar surface area (TPSA) is 58.4 Å². The fraction of sp³-hybridized carbons (Fsp3) is 0.600. The molecule has 2 fully saturated rings. The number of non-ortho nitro benzene ring substituents is 1. The van der Waals surface area contributed by atoms with Crippen LogP contribution in [0.1, 0.15) is 25.7 Å². The van der Waals surface area contributed by atoms with Gasteiger partial charge in [0, 0.05) is 43.6 Å². The molecule has 2 aliphatic rings. The first-order chi connectivity index (χ1) is 9.65. The van der Waals surface area contributed by atoms with Crippen molar-refractivity contribution in [2.24, 2.45) is 11.8 Å². The van der Waals surface area contributed by atoms with Crippen molar-refractivity contribution in [2.75, 3.05) is 30.4 Å². The zero-order valence-corrected chi connectivity index (χ0v) is 11.8. The molecule has 1 aromatic carbocycles. The van der Waals surface area contributed by atoms with Crippen molar-refractivity contribution in [1.82, 2.24) is 0 Å². The normalized spacial score (nSPS) is 17.9. The van der Waals surface area contributed by atoms with Gasteiger partial charge in [-0.2, -0.15) is 0 Å². The van der Waals surface area contributed by atoms with Gasteiger partial charge < -0.3 is 10.2 Å². The van der Waals surface area contributed by atoms with E-state index in [0.717, 1.165) is 36.3 Å². The van der Waals surface area contributed by atoms with Gasteiger partial charge in [-0.1, -0.05) is 0 Å². The Labute approximate surface area is 119 Å². The molecule has 5 heteroatoms. The van der Waals surface area contributed by atoms with E-state index in [1.54, 1.807) is 19.2 Å². The van der Waals surface area contributed by atoms with Crippen molar-refractivity contribution < 1.29 is 4.92 Å². The monoisotopic (exact) mass is 275 g/mol. The molecule has 2 aliphatic carbocycles. The smallest absolute Gasteiger partial charge is 0.273 e. The maximum atomic E-state index is 11.1. The fourth-order valence-electron chi connectivity index (χ4n) is 2.54. The van der Waals surface area contributed by atoms with Crippen LogP contribution in [-0.4, -0.2) is 25.1 Å². The average Bonchev–Trinajstić information content (AvgIpc) is 3.32. The molecule has 0 saturated heterocycles. The van der Waals surface area contributed by atoms with Crippen LogP contribution in [-0.2, 0) is 0 Å². The summed E-state index contributed by atoms with van der Waals surface area (Å²) in [6.45, 7) is 2.08. The van der Waals surface area contributed by atoms with E-state index in [-0.39, 0.29) is 10.6 Å². The first-order valence-corrected chi connectivity index (χ1v) is 7.38. The van der Waals surface area contributed by atoms with Gasteiger partial charge in [0.1, 0.15) is 0 Å². The Hall–Kier alpha value is -1.78. The second-order valence-corrected chi connectivity index (χ2v) is 6.04. The molecule has 0 heterocycles. The Morgan fingerprint density at radius 3 is 2.25 bits per heavy atom. The zero-order chi connectivity index (χ0) is 14.1. The number of nitro groups is 1. The first kappa shape index (κ1) is 13.2. The fourth-order valence-corrected chi connectivity index (χ4v) is 2.54. The van der Waals surface area contributed by atoms with Crippen molar-refractivity contribution in [2.45, 2.75) is 25.7 Å². The molecule has 20 heavy (non-hydrogen) atoms. The molecule has 1 N–H and O–H groups in total. The van der Waals surface area contributed by atoms with Gasteiger partial charge in [-0.05, 0) is 43.6 Å². The number of benzene rings is 1. The lowest BCUT2D eigenvalue weighted by molar-refractivity contribution is -0.384. The van der Waals surface area contributed by atoms with Crippen LogP contribution < -0.4 is 10.2 Å². The molecule has 0 bridgehead atoms. The third-order valence-electron chi connectivity index (χ3n) is 4.12. The Bertz CT molecular complexity index is 496. The molecular formula is C15H21N3O2. The summed E-state index contributed by atoms with van der Waals surface area (Å²) in [5.41, 5.74) is 1.97. The van der Waals surface area contributed by atoms with Crippen LogP contribution >= 0.6 is 0 Å². The Morgan fingerprint density at radius 1 is 1.20 bits per heavy atom. The Kier molecular flexibility index (Phi) is 3.51. The SMILES string of the molecule is CNc1cc(N(CC2CC2)CC2CC2)cc([N+](=O)[O-])c1. The van der Waals surface area contributed by atoms with Crippen LogP contribution in [0.25, 0.3) is 0 Å². The highest BCUT2D eigenvalue weighted by molar-refractivity contribution is 5.64. The van der Waals surface area contributed by atoms with Gasteiger partial charge in [0.2, 0.25) is 0 Å². The highest BCUT2D eigenvalue weighted by Gasteiger charge is 2.30. The second-order valence-electron chi connectivity index (χ2n) is 6.04. The van der Waals surface area contributed by atoms with Gasteiger partial charge in [-0.15, -0.1) is 0 Å². The van der Waals surface area contributed by atoms with Crippen molar-refractivity contribution in [1.29, 1.82) is 0 Å². The van der Waals surface area contributed by atoms with Crippen LogP contribution in [0.4, 0.5) is 17.1 Å². The van der Waals surface area contributed by atoms with Crippen LogP contribution in [0.5, 0.6) is 0 Å². The molecule has 108 valence electrons. The average molecular weight is 275 g/mol. The molecule has 2 saturated carbocycles. The van der Waals surface area contributed by atoms with Crippen LogP contribution in [0, 0.1) is 22.0 Å². The first-order valence-electron chi connectivity index (χ1n) is 7.38. The third-order valence-corrected chi connectivity index (χ3v) is 4.12. The molecule has 5 nitrogen and oxygen atoms in total. The standard InChI is InChI=1S/C15H21N3O2/c1-16-13-6-14(8-15(7-13)18(19)20)17(9-11-2-3-11)10-12-4-5-12/h6-8,11-12,16H,2-5,9-10H2,1H3. The van der Waals surface area contributed by atoms with Crippen LogP contribution in [0.2, 0.25) is 0 Å². The van der Waals surface area contributed by atoms with Crippen molar-refractivity contribution >= 4 is 17.1 Å². The Balaban J connectivity index is 1.86. The minimum atomic E-state index is -0.309. The van der Waals surface area contributed by atoms with E-state index in [1.807, 2.05) is 6.07 Å². The number of anilines is 2. The van der Waals surface area contributed by atoms with E-state index >= 15 is 0 Å². The molecule has 0 aliphatic heterocycles. The summed E-state index contributed by atoms with van der Waals surface area (Å²) < 4.78 is 0. The van der Waals surface area contributed by atoms with Gasteiger partial charge in [0.05, 0.1) is 4.92 Å². The minimum Gasteiger partial charge on any atom is -0.388 e. The minimum absolute atomic E-state index is 0.170. The third kappa shape index (κ3) is 3.21. The number of nitro benzene ring substituents is 1. The zero-order valence-electron chi connectivity index (χ0n) is 11.8. The molecule has 0 amide bonds. The van der Waals surface area contributed by atoms with Crippen LogP contribution in [0.3, 0.4) is 0 Å². The van der Waals surface area contributed by atoms with E-state index in [1.165, 1.54) is 25.7 Å². The van der Waals surface area contributed by atoms with Gasteiger partial charge in [0.25, 0.3) is 5.69 Å². The number of hydrogen-bond acceptors (Lipinski definition) is 4. The van der Waals surface area contributed by atoms with Crippen molar-refractivity contribution in [3.05, 3.63) is 28.3 Å². The Morgan fingerprint density at radius 2 is 1.80 bits per heavy atom. The number of nitrogens with one attached hydrogen (secondary N) is 1. The predicted molar refractivity (Wildman–Crippen MR) is 80.3 cm³/mol. The number of hydrogen-bond donors (Lipinski definition) is 1. The lowest BCUT2D eigenvalue weighted by Gasteiger charge is -2.25. The van der Waals surface area contributed by atoms with Crippen LogP contribution in [0.15, 0.2) is 18.2 Å². The van der Waals surface area contributed by atoms with Crippen molar-refractivity contribution in [3.8, 4) is 0 Å². The molecule has 0 unspecified atom stereocenters. The lowest BCUT2D eigenvalue weighted by atomic mass is 10.2. The van der Waals surface area contributed by atoms with E-state index in [9.17, 15) is 10.1 Å². The highest BCUT2D eigenvalue weighted by atomic mass is 16.6. The van der Waals surface area contributed by atoms with Gasteiger partial charge in [-0.3, -0.25) is 10.1 Å². The van der Waals surface area contributed by atoms with E-state index in [4.69, 9.17) is 0 Å².